The first kappa shape index (κ1) is 18.8. The fraction of sp³-hybridized carbons (Fsp3) is 0.217. The van der Waals surface area contributed by atoms with Crippen LogP contribution in [0.3, 0.4) is 0 Å². The minimum absolute atomic E-state index is 0.0761. The molecule has 6 heteroatoms. The second-order valence-electron chi connectivity index (χ2n) is 6.86. The zero-order chi connectivity index (χ0) is 20.2. The monoisotopic (exact) mass is 389 g/mol. The number of ether oxygens (including phenoxy) is 1. The Balaban J connectivity index is 1.38. The van der Waals surface area contributed by atoms with E-state index < -0.39 is 0 Å². The van der Waals surface area contributed by atoms with Crippen LogP contribution in [0, 0.1) is 6.92 Å². The van der Waals surface area contributed by atoms with E-state index in [1.807, 2.05) is 55.6 Å². The molecule has 0 radical (unpaired) electrons. The Labute approximate surface area is 168 Å². The summed E-state index contributed by atoms with van der Waals surface area (Å²) in [6.07, 6.45) is 2.94. The van der Waals surface area contributed by atoms with Gasteiger partial charge in [-0.15, -0.1) is 0 Å². The number of aromatic amines is 1. The first-order valence-electron chi connectivity index (χ1n) is 9.57. The first-order valence-corrected chi connectivity index (χ1v) is 9.57. The van der Waals surface area contributed by atoms with Crippen molar-refractivity contribution in [3.8, 4) is 17.2 Å². The number of carbonyl (C=O) groups is 1. The van der Waals surface area contributed by atoms with Crippen molar-refractivity contribution in [1.29, 1.82) is 0 Å². The quantitative estimate of drug-likeness (QED) is 0.500. The third-order valence-corrected chi connectivity index (χ3v) is 4.95. The molecule has 2 heterocycles. The van der Waals surface area contributed by atoms with E-state index >= 15 is 0 Å². The van der Waals surface area contributed by atoms with Crippen LogP contribution in [-0.4, -0.2) is 29.5 Å². The van der Waals surface area contributed by atoms with Gasteiger partial charge in [-0.25, -0.2) is 4.98 Å². The summed E-state index contributed by atoms with van der Waals surface area (Å²) >= 11 is 0. The number of fused-ring (bicyclic) bond motifs is 1. The van der Waals surface area contributed by atoms with Crippen molar-refractivity contribution in [3.05, 3.63) is 71.7 Å². The topological polar surface area (TPSA) is 80.1 Å². The minimum Gasteiger partial charge on any atom is -0.496 e. The van der Waals surface area contributed by atoms with Crippen molar-refractivity contribution in [2.75, 3.05) is 13.7 Å². The SMILES string of the molecule is COc1ccccc1-c1nc(CC(=O)NCCc2c[nH]c3ccccc23)c(C)o1. The average molecular weight is 389 g/mol. The molecule has 0 aliphatic heterocycles. The van der Waals surface area contributed by atoms with Gasteiger partial charge in [0.2, 0.25) is 11.8 Å². The third-order valence-electron chi connectivity index (χ3n) is 4.95. The fourth-order valence-electron chi connectivity index (χ4n) is 3.42. The predicted octanol–water partition coefficient (Wildman–Crippen LogP) is 4.04. The molecule has 0 aliphatic rings. The number of hydrogen-bond donors (Lipinski definition) is 2. The molecule has 6 nitrogen and oxygen atoms in total. The van der Waals surface area contributed by atoms with Crippen LogP contribution in [0.2, 0.25) is 0 Å². The summed E-state index contributed by atoms with van der Waals surface area (Å²) in [6.45, 7) is 2.39. The number of oxazole rings is 1. The maximum Gasteiger partial charge on any atom is 0.230 e. The van der Waals surface area contributed by atoms with E-state index in [1.165, 1.54) is 10.9 Å². The molecule has 0 fully saturated rings. The lowest BCUT2D eigenvalue weighted by Gasteiger charge is -2.04. The minimum atomic E-state index is -0.0761. The van der Waals surface area contributed by atoms with E-state index in [9.17, 15) is 4.79 Å². The van der Waals surface area contributed by atoms with Gasteiger partial charge in [0.1, 0.15) is 11.5 Å². The van der Waals surface area contributed by atoms with Crippen LogP contribution < -0.4 is 10.1 Å². The van der Waals surface area contributed by atoms with Gasteiger partial charge in [-0.1, -0.05) is 30.3 Å². The molecule has 0 aliphatic carbocycles. The lowest BCUT2D eigenvalue weighted by molar-refractivity contribution is -0.120. The number of H-pyrrole nitrogens is 1. The molecule has 2 aromatic carbocycles. The highest BCUT2D eigenvalue weighted by Gasteiger charge is 2.17. The smallest absolute Gasteiger partial charge is 0.230 e. The second kappa shape index (κ2) is 8.22. The Kier molecular flexibility index (Phi) is 5.33. The molecule has 0 saturated carbocycles. The standard InChI is InChI=1S/C23H23N3O3/c1-15-20(26-23(29-15)18-8-4-6-10-21(18)28-2)13-22(27)24-12-11-16-14-25-19-9-5-3-7-17(16)19/h3-10,14,25H,11-13H2,1-2H3,(H,24,27). The normalized spacial score (nSPS) is 11.0. The number of carbonyl (C=O) groups excluding carboxylic acids is 1. The first-order chi connectivity index (χ1) is 14.2. The molecule has 4 rings (SSSR count). The van der Waals surface area contributed by atoms with Gasteiger partial charge in [-0.3, -0.25) is 4.79 Å². The zero-order valence-corrected chi connectivity index (χ0v) is 16.5. The molecule has 0 atom stereocenters. The van der Waals surface area contributed by atoms with Crippen molar-refractivity contribution in [2.45, 2.75) is 19.8 Å². The Morgan fingerprint density at radius 3 is 2.83 bits per heavy atom. The molecule has 2 N–H and O–H groups in total. The van der Waals surface area contributed by atoms with Crippen LogP contribution in [0.5, 0.6) is 5.75 Å². The molecule has 4 aromatic rings. The summed E-state index contributed by atoms with van der Waals surface area (Å²) in [5.41, 5.74) is 3.70. The highest BCUT2D eigenvalue weighted by molar-refractivity contribution is 5.83. The van der Waals surface area contributed by atoms with Gasteiger partial charge in [-0.05, 0) is 37.1 Å². The van der Waals surface area contributed by atoms with E-state index in [4.69, 9.17) is 9.15 Å². The third kappa shape index (κ3) is 4.01. The van der Waals surface area contributed by atoms with Crippen molar-refractivity contribution in [1.82, 2.24) is 15.3 Å². The molecule has 0 bridgehead atoms. The number of hydrogen-bond acceptors (Lipinski definition) is 4. The summed E-state index contributed by atoms with van der Waals surface area (Å²) < 4.78 is 11.1. The van der Waals surface area contributed by atoms with Crippen LogP contribution in [0.25, 0.3) is 22.4 Å². The van der Waals surface area contributed by atoms with Gasteiger partial charge < -0.3 is 19.5 Å². The highest BCUT2D eigenvalue weighted by atomic mass is 16.5. The number of para-hydroxylation sites is 2. The number of nitrogens with zero attached hydrogens (tertiary/aromatic N) is 1. The molecule has 29 heavy (non-hydrogen) atoms. The maximum atomic E-state index is 12.4. The van der Waals surface area contributed by atoms with Crippen molar-refractivity contribution in [3.63, 3.8) is 0 Å². The Morgan fingerprint density at radius 2 is 1.97 bits per heavy atom. The predicted molar refractivity (Wildman–Crippen MR) is 112 cm³/mol. The number of aromatic nitrogens is 2. The molecule has 0 saturated heterocycles. The Hall–Kier alpha value is -3.54. The molecule has 1 amide bonds. The summed E-state index contributed by atoms with van der Waals surface area (Å²) in [4.78, 5) is 20.2. The number of amides is 1. The summed E-state index contributed by atoms with van der Waals surface area (Å²) in [5, 5.41) is 4.16. The van der Waals surface area contributed by atoms with E-state index in [-0.39, 0.29) is 12.3 Å². The maximum absolute atomic E-state index is 12.4. The summed E-state index contributed by atoms with van der Waals surface area (Å²) in [5.74, 6) is 1.70. The zero-order valence-electron chi connectivity index (χ0n) is 16.5. The number of benzene rings is 2. The summed E-state index contributed by atoms with van der Waals surface area (Å²) in [6, 6.07) is 15.7. The number of aryl methyl sites for hydroxylation is 1. The lowest BCUT2D eigenvalue weighted by Crippen LogP contribution is -2.27. The number of rotatable bonds is 7. The van der Waals surface area contributed by atoms with Crippen LogP contribution >= 0.6 is 0 Å². The Morgan fingerprint density at radius 1 is 1.17 bits per heavy atom. The molecule has 2 aromatic heterocycles. The number of nitrogens with one attached hydrogen (secondary N) is 2. The van der Waals surface area contributed by atoms with Gasteiger partial charge in [-0.2, -0.15) is 0 Å². The molecular weight excluding hydrogens is 366 g/mol. The fourth-order valence-corrected chi connectivity index (χ4v) is 3.42. The van der Waals surface area contributed by atoms with Crippen LogP contribution in [-0.2, 0) is 17.6 Å². The number of methoxy groups -OCH3 is 1. The second-order valence-corrected chi connectivity index (χ2v) is 6.86. The molecular formula is C23H23N3O3. The van der Waals surface area contributed by atoms with E-state index in [0.717, 1.165) is 17.5 Å². The summed E-state index contributed by atoms with van der Waals surface area (Å²) in [7, 11) is 1.61. The van der Waals surface area contributed by atoms with Crippen molar-refractivity contribution < 1.29 is 13.9 Å². The van der Waals surface area contributed by atoms with Crippen LogP contribution in [0.4, 0.5) is 0 Å². The Bertz CT molecular complexity index is 1140. The highest BCUT2D eigenvalue weighted by Crippen LogP contribution is 2.30. The van der Waals surface area contributed by atoms with Gasteiger partial charge >= 0.3 is 0 Å². The van der Waals surface area contributed by atoms with Crippen LogP contribution in [0.15, 0.2) is 59.1 Å². The molecule has 0 spiro atoms. The van der Waals surface area contributed by atoms with Gasteiger partial charge in [0.15, 0.2) is 0 Å². The van der Waals surface area contributed by atoms with Crippen molar-refractivity contribution >= 4 is 16.8 Å². The van der Waals surface area contributed by atoms with Gasteiger partial charge in [0, 0.05) is 23.6 Å². The van der Waals surface area contributed by atoms with Crippen molar-refractivity contribution in [2.24, 2.45) is 0 Å². The van der Waals surface area contributed by atoms with E-state index in [0.29, 0.717) is 29.6 Å². The largest absolute Gasteiger partial charge is 0.496 e. The van der Waals surface area contributed by atoms with E-state index in [2.05, 4.69) is 21.4 Å². The van der Waals surface area contributed by atoms with E-state index in [1.54, 1.807) is 7.11 Å². The lowest BCUT2D eigenvalue weighted by atomic mass is 10.1. The van der Waals surface area contributed by atoms with Crippen LogP contribution in [0.1, 0.15) is 17.0 Å². The average Bonchev–Trinajstić information content (AvgIpc) is 3.32. The molecule has 0 unspecified atom stereocenters. The molecule has 148 valence electrons. The van der Waals surface area contributed by atoms with Gasteiger partial charge in [0.05, 0.1) is 24.8 Å². The van der Waals surface area contributed by atoms with Gasteiger partial charge in [0.25, 0.3) is 0 Å².